The van der Waals surface area contributed by atoms with Gasteiger partial charge in [0.15, 0.2) is 0 Å². The second-order valence-electron chi connectivity index (χ2n) is 2.52. The van der Waals surface area contributed by atoms with Crippen LogP contribution in [0.4, 0.5) is 0 Å². The van der Waals surface area contributed by atoms with Gasteiger partial charge in [-0.1, -0.05) is 13.0 Å². The van der Waals surface area contributed by atoms with Crippen molar-refractivity contribution in [3.05, 3.63) is 12.7 Å². The van der Waals surface area contributed by atoms with Gasteiger partial charge in [-0.15, -0.1) is 6.58 Å². The van der Waals surface area contributed by atoms with Crippen molar-refractivity contribution in [2.24, 2.45) is 5.41 Å². The van der Waals surface area contributed by atoms with Crippen molar-refractivity contribution in [1.29, 1.82) is 5.26 Å². The minimum absolute atomic E-state index is 0.179. The van der Waals surface area contributed by atoms with Gasteiger partial charge in [-0.05, 0) is 19.8 Å². The molecule has 0 aliphatic carbocycles. The van der Waals surface area contributed by atoms with Crippen molar-refractivity contribution < 1.29 is 0 Å². The Bertz CT molecular complexity index is 132. The molecule has 0 heterocycles. The molecule has 1 atom stereocenters. The van der Waals surface area contributed by atoms with Gasteiger partial charge >= 0.3 is 0 Å². The Morgan fingerprint density at radius 1 is 1.78 bits per heavy atom. The molecule has 1 nitrogen and oxygen atoms in total. The SMILES string of the molecule is C=CCC(C)(C#N)CC. The number of rotatable bonds is 3. The Hall–Kier alpha value is -0.770. The molecule has 0 saturated heterocycles. The Kier molecular flexibility index (Phi) is 3.01. The predicted molar refractivity (Wildman–Crippen MR) is 38.8 cm³/mol. The molecule has 0 aromatic rings. The van der Waals surface area contributed by atoms with Gasteiger partial charge in [0.1, 0.15) is 0 Å². The van der Waals surface area contributed by atoms with E-state index >= 15 is 0 Å². The van der Waals surface area contributed by atoms with Crippen molar-refractivity contribution in [2.45, 2.75) is 26.7 Å². The van der Waals surface area contributed by atoms with Gasteiger partial charge < -0.3 is 0 Å². The maximum absolute atomic E-state index is 8.62. The molecular weight excluding hydrogens is 110 g/mol. The van der Waals surface area contributed by atoms with Gasteiger partial charge in [-0.2, -0.15) is 5.26 Å². The van der Waals surface area contributed by atoms with Crippen molar-refractivity contribution in [3.63, 3.8) is 0 Å². The average molecular weight is 123 g/mol. The van der Waals surface area contributed by atoms with Gasteiger partial charge in [0.2, 0.25) is 0 Å². The Morgan fingerprint density at radius 2 is 2.33 bits per heavy atom. The molecule has 0 aromatic heterocycles. The van der Waals surface area contributed by atoms with E-state index in [0.29, 0.717) is 0 Å². The molecule has 1 heteroatoms. The highest BCUT2D eigenvalue weighted by Gasteiger charge is 2.18. The van der Waals surface area contributed by atoms with Gasteiger partial charge in [0.25, 0.3) is 0 Å². The standard InChI is InChI=1S/C8H13N/c1-4-6-8(3,5-2)7-9/h4H,1,5-6H2,2-3H3. The van der Waals surface area contributed by atoms with Gasteiger partial charge in [0.05, 0.1) is 11.5 Å². The molecule has 0 aliphatic rings. The smallest absolute Gasteiger partial charge is 0.0689 e. The summed E-state index contributed by atoms with van der Waals surface area (Å²) in [4.78, 5) is 0. The fraction of sp³-hybridized carbons (Fsp3) is 0.625. The van der Waals surface area contributed by atoms with Crippen LogP contribution in [0, 0.1) is 16.7 Å². The summed E-state index contributed by atoms with van der Waals surface area (Å²) in [7, 11) is 0. The van der Waals surface area contributed by atoms with E-state index in [1.807, 2.05) is 13.8 Å². The molecule has 0 saturated carbocycles. The Balaban J connectivity index is 3.96. The van der Waals surface area contributed by atoms with Crippen molar-refractivity contribution >= 4 is 0 Å². The average Bonchev–Trinajstić information content (AvgIpc) is 1.89. The summed E-state index contributed by atoms with van der Waals surface area (Å²) >= 11 is 0. The second-order valence-corrected chi connectivity index (χ2v) is 2.52. The lowest BCUT2D eigenvalue weighted by Crippen LogP contribution is -2.09. The predicted octanol–water partition coefficient (Wildman–Crippen LogP) is 2.50. The third-order valence-electron chi connectivity index (χ3n) is 1.65. The third kappa shape index (κ3) is 2.32. The lowest BCUT2D eigenvalue weighted by molar-refractivity contribution is 0.432. The highest BCUT2D eigenvalue weighted by Crippen LogP contribution is 2.23. The Labute approximate surface area is 57.0 Å². The second kappa shape index (κ2) is 3.29. The molecule has 0 aliphatic heterocycles. The van der Waals surface area contributed by atoms with E-state index in [9.17, 15) is 0 Å². The first-order valence-corrected chi connectivity index (χ1v) is 3.20. The summed E-state index contributed by atoms with van der Waals surface area (Å²) in [5, 5.41) is 8.62. The summed E-state index contributed by atoms with van der Waals surface area (Å²) in [5.41, 5.74) is -0.179. The molecule has 9 heavy (non-hydrogen) atoms. The molecule has 50 valence electrons. The maximum Gasteiger partial charge on any atom is 0.0689 e. The van der Waals surface area contributed by atoms with E-state index in [1.54, 1.807) is 6.08 Å². The summed E-state index contributed by atoms with van der Waals surface area (Å²) < 4.78 is 0. The number of nitrogens with zero attached hydrogens (tertiary/aromatic N) is 1. The lowest BCUT2D eigenvalue weighted by Gasteiger charge is -2.15. The van der Waals surface area contributed by atoms with Gasteiger partial charge in [-0.3, -0.25) is 0 Å². The summed E-state index contributed by atoms with van der Waals surface area (Å²) in [6.45, 7) is 7.56. The molecule has 1 unspecified atom stereocenters. The molecule has 0 amide bonds. The maximum atomic E-state index is 8.62. The molecule has 0 N–H and O–H groups in total. The zero-order chi connectivity index (χ0) is 7.33. The van der Waals surface area contributed by atoms with Crippen molar-refractivity contribution in [3.8, 4) is 6.07 Å². The first-order valence-electron chi connectivity index (χ1n) is 3.20. The minimum atomic E-state index is -0.179. The van der Waals surface area contributed by atoms with Crippen LogP contribution in [0.5, 0.6) is 0 Å². The normalized spacial score (nSPS) is 15.7. The highest BCUT2D eigenvalue weighted by molar-refractivity contribution is 4.98. The summed E-state index contributed by atoms with van der Waals surface area (Å²) in [6.07, 6.45) is 3.49. The van der Waals surface area contributed by atoms with Crippen LogP contribution in [0.2, 0.25) is 0 Å². The first kappa shape index (κ1) is 8.23. The molecule has 0 spiro atoms. The van der Waals surface area contributed by atoms with Crippen molar-refractivity contribution in [1.82, 2.24) is 0 Å². The van der Waals surface area contributed by atoms with Crippen LogP contribution in [0.15, 0.2) is 12.7 Å². The highest BCUT2D eigenvalue weighted by atomic mass is 14.3. The van der Waals surface area contributed by atoms with Crippen LogP contribution < -0.4 is 0 Å². The number of hydrogen-bond donors (Lipinski definition) is 0. The fourth-order valence-electron chi connectivity index (χ4n) is 0.588. The van der Waals surface area contributed by atoms with E-state index in [-0.39, 0.29) is 5.41 Å². The molecule has 0 radical (unpaired) electrons. The molecule has 0 aromatic carbocycles. The lowest BCUT2D eigenvalue weighted by atomic mass is 9.86. The van der Waals surface area contributed by atoms with Gasteiger partial charge in [-0.25, -0.2) is 0 Å². The summed E-state index contributed by atoms with van der Waals surface area (Å²) in [5.74, 6) is 0. The topological polar surface area (TPSA) is 23.8 Å². The van der Waals surface area contributed by atoms with E-state index in [2.05, 4.69) is 12.6 Å². The largest absolute Gasteiger partial charge is 0.198 e. The molecule has 0 bridgehead atoms. The molecule has 0 fully saturated rings. The number of nitriles is 1. The third-order valence-corrected chi connectivity index (χ3v) is 1.65. The Morgan fingerprint density at radius 3 is 2.44 bits per heavy atom. The minimum Gasteiger partial charge on any atom is -0.198 e. The monoisotopic (exact) mass is 123 g/mol. The molecule has 0 rings (SSSR count). The van der Waals surface area contributed by atoms with Crippen LogP contribution in [-0.4, -0.2) is 0 Å². The first-order chi connectivity index (χ1) is 4.18. The van der Waals surface area contributed by atoms with E-state index in [4.69, 9.17) is 5.26 Å². The zero-order valence-corrected chi connectivity index (χ0v) is 6.15. The van der Waals surface area contributed by atoms with E-state index in [0.717, 1.165) is 12.8 Å². The van der Waals surface area contributed by atoms with Crippen LogP contribution in [-0.2, 0) is 0 Å². The number of allylic oxidation sites excluding steroid dienone is 1. The summed E-state index contributed by atoms with van der Waals surface area (Å²) in [6, 6.07) is 2.26. The molecular formula is C8H13N. The van der Waals surface area contributed by atoms with Crippen LogP contribution >= 0.6 is 0 Å². The van der Waals surface area contributed by atoms with Crippen molar-refractivity contribution in [2.75, 3.05) is 0 Å². The van der Waals surface area contributed by atoms with Gasteiger partial charge in [0, 0.05) is 0 Å². The van der Waals surface area contributed by atoms with E-state index in [1.165, 1.54) is 0 Å². The quantitative estimate of drug-likeness (QED) is 0.529. The van der Waals surface area contributed by atoms with Crippen LogP contribution in [0.25, 0.3) is 0 Å². The number of hydrogen-bond acceptors (Lipinski definition) is 1. The fourth-order valence-corrected chi connectivity index (χ4v) is 0.588. The van der Waals surface area contributed by atoms with E-state index < -0.39 is 0 Å². The van der Waals surface area contributed by atoms with Crippen LogP contribution in [0.1, 0.15) is 26.7 Å². The van der Waals surface area contributed by atoms with Crippen LogP contribution in [0.3, 0.4) is 0 Å². The zero-order valence-electron chi connectivity index (χ0n) is 6.15.